The fraction of sp³-hybridized carbons (Fsp3) is 0.467. The number of nitrogens with zero attached hydrogens (tertiary/aromatic N) is 1. The maximum atomic E-state index is 11.4. The van der Waals surface area contributed by atoms with Crippen LogP contribution in [0.25, 0.3) is 0 Å². The molecule has 1 amide bonds. The normalized spacial score (nSPS) is 10.6. The van der Waals surface area contributed by atoms with E-state index >= 15 is 0 Å². The van der Waals surface area contributed by atoms with Crippen LogP contribution < -0.4 is 10.6 Å². The van der Waals surface area contributed by atoms with Crippen molar-refractivity contribution in [2.75, 3.05) is 18.4 Å². The topological polar surface area (TPSA) is 74.2 Å². The lowest BCUT2D eigenvalue weighted by Gasteiger charge is -2.19. The molecule has 21 heavy (non-hydrogen) atoms. The van der Waals surface area contributed by atoms with Gasteiger partial charge in [-0.1, -0.05) is 11.6 Å². The average Bonchev–Trinajstić information content (AvgIpc) is 2.36. The number of rotatable bonds is 5. The molecule has 1 rings (SSSR count). The van der Waals surface area contributed by atoms with Gasteiger partial charge in [0.2, 0.25) is 0 Å². The van der Waals surface area contributed by atoms with E-state index in [4.69, 9.17) is 21.6 Å². The Hall–Kier alpha value is -1.93. The van der Waals surface area contributed by atoms with Crippen molar-refractivity contribution in [2.24, 2.45) is 0 Å². The first kappa shape index (κ1) is 17.1. The number of amides is 1. The Morgan fingerprint density at radius 1 is 1.38 bits per heavy atom. The second-order valence-corrected chi connectivity index (χ2v) is 5.95. The van der Waals surface area contributed by atoms with Crippen molar-refractivity contribution in [1.29, 1.82) is 5.26 Å². The van der Waals surface area contributed by atoms with Crippen LogP contribution in [0.15, 0.2) is 18.2 Å². The molecule has 0 aliphatic carbocycles. The highest BCUT2D eigenvalue weighted by atomic mass is 35.5. The van der Waals surface area contributed by atoms with Gasteiger partial charge in [0.1, 0.15) is 11.7 Å². The molecule has 0 aliphatic rings. The Bertz CT molecular complexity index is 533. The molecule has 0 heterocycles. The SMILES string of the molecule is CC(C)(C)OC(=O)NCCCNc1cc(Cl)ccc1C#N. The molecule has 0 aromatic heterocycles. The summed E-state index contributed by atoms with van der Waals surface area (Å²) in [6, 6.07) is 7.15. The summed E-state index contributed by atoms with van der Waals surface area (Å²) in [5, 5.41) is 15.4. The van der Waals surface area contributed by atoms with Gasteiger partial charge in [-0.15, -0.1) is 0 Å². The Labute approximate surface area is 130 Å². The van der Waals surface area contributed by atoms with Crippen LogP contribution in [0.5, 0.6) is 0 Å². The zero-order chi connectivity index (χ0) is 15.9. The number of nitriles is 1. The molecule has 0 radical (unpaired) electrons. The molecule has 0 spiro atoms. The zero-order valence-electron chi connectivity index (χ0n) is 12.5. The van der Waals surface area contributed by atoms with E-state index in [1.165, 1.54) is 0 Å². The van der Waals surface area contributed by atoms with Crippen LogP contribution in [-0.2, 0) is 4.74 Å². The summed E-state index contributed by atoms with van der Waals surface area (Å²) in [4.78, 5) is 11.4. The maximum Gasteiger partial charge on any atom is 0.407 e. The predicted molar refractivity (Wildman–Crippen MR) is 83.5 cm³/mol. The van der Waals surface area contributed by atoms with E-state index in [0.717, 1.165) is 0 Å². The van der Waals surface area contributed by atoms with Gasteiger partial charge in [-0.05, 0) is 45.4 Å². The molecular weight excluding hydrogens is 290 g/mol. The Morgan fingerprint density at radius 2 is 2.10 bits per heavy atom. The lowest BCUT2D eigenvalue weighted by Crippen LogP contribution is -2.33. The van der Waals surface area contributed by atoms with Gasteiger partial charge in [0.25, 0.3) is 0 Å². The third-order valence-corrected chi connectivity index (χ3v) is 2.67. The van der Waals surface area contributed by atoms with Gasteiger partial charge in [0.05, 0.1) is 11.3 Å². The molecule has 0 aliphatic heterocycles. The van der Waals surface area contributed by atoms with Crippen LogP contribution >= 0.6 is 11.6 Å². The summed E-state index contributed by atoms with van der Waals surface area (Å²) >= 11 is 5.89. The monoisotopic (exact) mass is 309 g/mol. The van der Waals surface area contributed by atoms with Crippen molar-refractivity contribution in [3.8, 4) is 6.07 Å². The molecule has 0 unspecified atom stereocenters. The second-order valence-electron chi connectivity index (χ2n) is 5.51. The largest absolute Gasteiger partial charge is 0.444 e. The third-order valence-electron chi connectivity index (χ3n) is 2.44. The number of alkyl carbamates (subject to hydrolysis) is 1. The summed E-state index contributed by atoms with van der Waals surface area (Å²) in [5.41, 5.74) is 0.743. The van der Waals surface area contributed by atoms with Gasteiger partial charge < -0.3 is 15.4 Å². The van der Waals surface area contributed by atoms with Crippen molar-refractivity contribution in [3.63, 3.8) is 0 Å². The number of ether oxygens (including phenoxy) is 1. The second kappa shape index (κ2) is 7.75. The Morgan fingerprint density at radius 3 is 2.71 bits per heavy atom. The van der Waals surface area contributed by atoms with Crippen LogP contribution in [0, 0.1) is 11.3 Å². The maximum absolute atomic E-state index is 11.4. The summed E-state index contributed by atoms with van der Waals surface area (Å²) in [6.07, 6.45) is 0.277. The fourth-order valence-corrected chi connectivity index (χ4v) is 1.75. The summed E-state index contributed by atoms with van der Waals surface area (Å²) in [7, 11) is 0. The van der Waals surface area contributed by atoms with Crippen molar-refractivity contribution < 1.29 is 9.53 Å². The smallest absolute Gasteiger partial charge is 0.407 e. The van der Waals surface area contributed by atoms with Crippen molar-refractivity contribution >= 4 is 23.4 Å². The highest BCUT2D eigenvalue weighted by molar-refractivity contribution is 6.30. The molecule has 1 aromatic rings. The first-order chi connectivity index (χ1) is 9.81. The molecule has 0 atom stereocenters. The van der Waals surface area contributed by atoms with Crippen molar-refractivity contribution in [1.82, 2.24) is 5.32 Å². The van der Waals surface area contributed by atoms with E-state index in [-0.39, 0.29) is 0 Å². The van der Waals surface area contributed by atoms with Crippen LogP contribution in [-0.4, -0.2) is 24.8 Å². The number of nitrogens with one attached hydrogen (secondary N) is 2. The third kappa shape index (κ3) is 6.87. The van der Waals surface area contributed by atoms with E-state index in [1.54, 1.807) is 18.2 Å². The number of hydrogen-bond acceptors (Lipinski definition) is 4. The van der Waals surface area contributed by atoms with Crippen LogP contribution in [0.3, 0.4) is 0 Å². The van der Waals surface area contributed by atoms with Gasteiger partial charge >= 0.3 is 6.09 Å². The van der Waals surface area contributed by atoms with E-state index in [0.29, 0.717) is 35.8 Å². The standard InChI is InChI=1S/C15H20ClN3O2/c1-15(2,3)21-14(20)19-8-4-7-18-13-9-12(16)6-5-11(13)10-17/h5-6,9,18H,4,7-8H2,1-3H3,(H,19,20). The molecule has 0 fully saturated rings. The lowest BCUT2D eigenvalue weighted by molar-refractivity contribution is 0.0528. The number of benzene rings is 1. The molecule has 0 bridgehead atoms. The fourth-order valence-electron chi connectivity index (χ4n) is 1.58. The number of anilines is 1. The van der Waals surface area contributed by atoms with Crippen LogP contribution in [0.2, 0.25) is 5.02 Å². The number of halogens is 1. The molecule has 0 saturated carbocycles. The zero-order valence-corrected chi connectivity index (χ0v) is 13.3. The lowest BCUT2D eigenvalue weighted by atomic mass is 10.2. The molecule has 2 N–H and O–H groups in total. The van der Waals surface area contributed by atoms with Crippen molar-refractivity contribution in [2.45, 2.75) is 32.8 Å². The van der Waals surface area contributed by atoms with E-state index < -0.39 is 11.7 Å². The van der Waals surface area contributed by atoms with Crippen LogP contribution in [0.4, 0.5) is 10.5 Å². The Kier molecular flexibility index (Phi) is 6.32. The van der Waals surface area contributed by atoms with Gasteiger partial charge in [-0.25, -0.2) is 4.79 Å². The minimum Gasteiger partial charge on any atom is -0.444 e. The number of hydrogen-bond donors (Lipinski definition) is 2. The summed E-state index contributed by atoms with van der Waals surface area (Å²) < 4.78 is 5.12. The molecule has 114 valence electrons. The number of carbonyl (C=O) groups is 1. The van der Waals surface area contributed by atoms with E-state index in [1.807, 2.05) is 20.8 Å². The van der Waals surface area contributed by atoms with E-state index in [2.05, 4.69) is 16.7 Å². The predicted octanol–water partition coefficient (Wildman–Crippen LogP) is 3.54. The molecule has 6 heteroatoms. The first-order valence-corrected chi connectivity index (χ1v) is 7.10. The minimum atomic E-state index is -0.495. The molecule has 0 saturated heterocycles. The van der Waals surface area contributed by atoms with Gasteiger partial charge in [0.15, 0.2) is 0 Å². The van der Waals surface area contributed by atoms with Gasteiger partial charge in [0, 0.05) is 18.1 Å². The minimum absolute atomic E-state index is 0.428. The Balaban J connectivity index is 2.31. The number of carbonyl (C=O) groups excluding carboxylic acids is 1. The highest BCUT2D eigenvalue weighted by Gasteiger charge is 2.15. The van der Waals surface area contributed by atoms with E-state index in [9.17, 15) is 4.79 Å². The molecular formula is C15H20ClN3O2. The molecule has 5 nitrogen and oxygen atoms in total. The quantitative estimate of drug-likeness (QED) is 0.816. The van der Waals surface area contributed by atoms with Gasteiger partial charge in [-0.3, -0.25) is 0 Å². The summed E-state index contributed by atoms with van der Waals surface area (Å²) in [5.74, 6) is 0. The average molecular weight is 310 g/mol. The van der Waals surface area contributed by atoms with Gasteiger partial charge in [-0.2, -0.15) is 5.26 Å². The molecule has 1 aromatic carbocycles. The summed E-state index contributed by atoms with van der Waals surface area (Å²) in [6.45, 7) is 6.55. The highest BCUT2D eigenvalue weighted by Crippen LogP contribution is 2.20. The van der Waals surface area contributed by atoms with Crippen molar-refractivity contribution in [3.05, 3.63) is 28.8 Å². The first-order valence-electron chi connectivity index (χ1n) is 6.72. The van der Waals surface area contributed by atoms with Crippen LogP contribution in [0.1, 0.15) is 32.8 Å².